The average molecular weight is 626 g/mol. The van der Waals surface area contributed by atoms with E-state index in [0.717, 1.165) is 42.0 Å². The van der Waals surface area contributed by atoms with Crippen LogP contribution in [0.3, 0.4) is 0 Å². The summed E-state index contributed by atoms with van der Waals surface area (Å²) in [6.07, 6.45) is 5.46. The number of sulfonamides is 1. The van der Waals surface area contributed by atoms with E-state index in [2.05, 4.69) is 5.32 Å². The van der Waals surface area contributed by atoms with Gasteiger partial charge in [-0.05, 0) is 79.8 Å². The third kappa shape index (κ3) is 8.09. The molecule has 0 unspecified atom stereocenters. The Labute approximate surface area is 260 Å². The molecule has 3 aromatic carbocycles. The molecule has 3 aromatic rings. The van der Waals surface area contributed by atoms with E-state index >= 15 is 0 Å². The van der Waals surface area contributed by atoms with Crippen LogP contribution in [0.4, 0.5) is 5.69 Å². The van der Waals surface area contributed by atoms with Gasteiger partial charge in [-0.3, -0.25) is 13.9 Å². The second-order valence-corrected chi connectivity index (χ2v) is 13.2. The number of nitrogens with one attached hydrogen (secondary N) is 1. The number of carbonyl (C=O) groups excluding carboxylic acids is 2. The summed E-state index contributed by atoms with van der Waals surface area (Å²) in [5.41, 5.74) is 1.73. The van der Waals surface area contributed by atoms with E-state index in [1.165, 1.54) is 17.0 Å². The van der Waals surface area contributed by atoms with Crippen LogP contribution in [-0.2, 0) is 26.2 Å². The van der Waals surface area contributed by atoms with Crippen molar-refractivity contribution in [1.82, 2.24) is 10.2 Å². The number of rotatable bonds is 12. The van der Waals surface area contributed by atoms with E-state index < -0.39 is 28.5 Å². The Morgan fingerprint density at radius 2 is 1.67 bits per heavy atom. The van der Waals surface area contributed by atoms with Crippen LogP contribution in [0.25, 0.3) is 0 Å². The lowest BCUT2D eigenvalue weighted by atomic mass is 9.95. The van der Waals surface area contributed by atoms with Crippen LogP contribution >= 0.6 is 11.6 Å². The molecule has 1 N–H and O–H groups in total. The topological polar surface area (TPSA) is 96.0 Å². The smallest absolute Gasteiger partial charge is 0.264 e. The highest BCUT2D eigenvalue weighted by Crippen LogP contribution is 2.30. The number of hydrogen-bond donors (Lipinski definition) is 1. The summed E-state index contributed by atoms with van der Waals surface area (Å²) in [7, 11) is -2.57. The van der Waals surface area contributed by atoms with Crippen molar-refractivity contribution < 1.29 is 22.7 Å². The summed E-state index contributed by atoms with van der Waals surface area (Å²) in [4.78, 5) is 29.5. The van der Waals surface area contributed by atoms with Crippen LogP contribution in [0.1, 0.15) is 56.6 Å². The van der Waals surface area contributed by atoms with Crippen LogP contribution in [0, 0.1) is 6.92 Å². The van der Waals surface area contributed by atoms with Crippen molar-refractivity contribution in [3.8, 4) is 5.75 Å². The molecule has 230 valence electrons. The summed E-state index contributed by atoms with van der Waals surface area (Å²) >= 11 is 6.20. The van der Waals surface area contributed by atoms with Gasteiger partial charge in [0, 0.05) is 17.6 Å². The minimum absolute atomic E-state index is 0.0564. The number of aryl methyl sites for hydroxylation is 1. The van der Waals surface area contributed by atoms with Gasteiger partial charge in [0.05, 0.1) is 17.7 Å². The molecule has 0 spiro atoms. The van der Waals surface area contributed by atoms with Gasteiger partial charge in [-0.25, -0.2) is 8.42 Å². The Hall–Kier alpha value is -3.56. The van der Waals surface area contributed by atoms with Gasteiger partial charge in [0.15, 0.2) is 0 Å². The van der Waals surface area contributed by atoms with E-state index in [1.54, 1.807) is 62.6 Å². The first-order valence-corrected chi connectivity index (χ1v) is 16.5. The fourth-order valence-electron chi connectivity index (χ4n) is 5.52. The highest BCUT2D eigenvalue weighted by molar-refractivity contribution is 7.92. The molecule has 0 saturated heterocycles. The number of methoxy groups -OCH3 is 1. The number of hydrogen-bond acceptors (Lipinski definition) is 5. The van der Waals surface area contributed by atoms with Crippen molar-refractivity contribution in [2.45, 2.75) is 75.9 Å². The van der Waals surface area contributed by atoms with Crippen LogP contribution < -0.4 is 14.4 Å². The molecule has 0 bridgehead atoms. The van der Waals surface area contributed by atoms with Crippen molar-refractivity contribution in [2.24, 2.45) is 0 Å². The van der Waals surface area contributed by atoms with Gasteiger partial charge < -0.3 is 15.0 Å². The highest BCUT2D eigenvalue weighted by atomic mass is 35.5. The number of nitrogens with zero attached hydrogens (tertiary/aromatic N) is 2. The van der Waals surface area contributed by atoms with Gasteiger partial charge in [-0.1, -0.05) is 68.1 Å². The number of ether oxygens (including phenoxy) is 1. The van der Waals surface area contributed by atoms with Crippen LogP contribution in [0.2, 0.25) is 5.02 Å². The zero-order valence-corrected chi connectivity index (χ0v) is 26.5. The average Bonchev–Trinajstić information content (AvgIpc) is 3.01. The van der Waals surface area contributed by atoms with Crippen molar-refractivity contribution in [3.63, 3.8) is 0 Å². The number of carbonyl (C=O) groups is 2. The maximum atomic E-state index is 14.3. The number of halogens is 1. The fraction of sp³-hybridized carbons (Fsp3) is 0.394. The molecule has 1 aliphatic rings. The second kappa shape index (κ2) is 14.8. The largest absolute Gasteiger partial charge is 0.497 e. The van der Waals surface area contributed by atoms with E-state index in [-0.39, 0.29) is 23.4 Å². The van der Waals surface area contributed by atoms with Crippen LogP contribution in [0.5, 0.6) is 5.75 Å². The Kier molecular flexibility index (Phi) is 11.1. The van der Waals surface area contributed by atoms with Gasteiger partial charge in [-0.2, -0.15) is 0 Å². The van der Waals surface area contributed by atoms with E-state index in [1.807, 2.05) is 19.1 Å². The van der Waals surface area contributed by atoms with Crippen molar-refractivity contribution in [3.05, 3.63) is 88.9 Å². The lowest BCUT2D eigenvalue weighted by molar-refractivity contribution is -0.140. The molecule has 1 fully saturated rings. The van der Waals surface area contributed by atoms with Gasteiger partial charge in [-0.15, -0.1) is 0 Å². The Morgan fingerprint density at radius 3 is 2.28 bits per heavy atom. The third-order valence-corrected chi connectivity index (χ3v) is 9.90. The van der Waals surface area contributed by atoms with Gasteiger partial charge in [0.25, 0.3) is 10.0 Å². The summed E-state index contributed by atoms with van der Waals surface area (Å²) < 4.78 is 34.4. The minimum Gasteiger partial charge on any atom is -0.497 e. The lowest BCUT2D eigenvalue weighted by Gasteiger charge is -2.34. The first-order valence-electron chi connectivity index (χ1n) is 14.7. The molecule has 4 rings (SSSR count). The molecule has 0 heterocycles. The maximum Gasteiger partial charge on any atom is 0.264 e. The Morgan fingerprint density at radius 1 is 1.00 bits per heavy atom. The molecule has 10 heteroatoms. The van der Waals surface area contributed by atoms with Gasteiger partial charge in [0.1, 0.15) is 18.3 Å². The Bertz CT molecular complexity index is 1490. The van der Waals surface area contributed by atoms with E-state index in [0.29, 0.717) is 28.4 Å². The minimum atomic E-state index is -4.15. The van der Waals surface area contributed by atoms with Gasteiger partial charge >= 0.3 is 0 Å². The third-order valence-electron chi connectivity index (χ3n) is 7.89. The normalized spacial score (nSPS) is 14.5. The first kappa shape index (κ1) is 32.4. The van der Waals surface area contributed by atoms with Crippen LogP contribution in [0.15, 0.2) is 77.7 Å². The molecule has 0 aromatic heterocycles. The summed E-state index contributed by atoms with van der Waals surface area (Å²) in [5.74, 6) is -0.0474. The number of amides is 2. The number of anilines is 1. The maximum absolute atomic E-state index is 14.3. The van der Waals surface area contributed by atoms with Crippen LogP contribution in [-0.4, -0.2) is 50.9 Å². The van der Waals surface area contributed by atoms with Gasteiger partial charge in [0.2, 0.25) is 11.8 Å². The first-order chi connectivity index (χ1) is 20.6. The lowest BCUT2D eigenvalue weighted by Crippen LogP contribution is -2.54. The van der Waals surface area contributed by atoms with Crippen molar-refractivity contribution >= 4 is 39.1 Å². The molecule has 8 nitrogen and oxygen atoms in total. The summed E-state index contributed by atoms with van der Waals surface area (Å²) in [6.45, 7) is 3.24. The molecule has 1 saturated carbocycles. The summed E-state index contributed by atoms with van der Waals surface area (Å²) in [5, 5.41) is 3.62. The van der Waals surface area contributed by atoms with Crippen molar-refractivity contribution in [1.29, 1.82) is 0 Å². The second-order valence-electron chi connectivity index (χ2n) is 10.9. The molecule has 2 amide bonds. The SMILES string of the molecule is CC[C@H](C(=O)NC1CCCCC1)N(Cc1ccc(OC)cc1)C(=O)CN(c1ccc(Cl)cc1C)S(=O)(=O)c1ccccc1. The highest BCUT2D eigenvalue weighted by Gasteiger charge is 2.35. The molecule has 1 aliphatic carbocycles. The Balaban J connectivity index is 1.72. The zero-order chi connectivity index (χ0) is 31.0. The fourth-order valence-corrected chi connectivity index (χ4v) is 7.25. The zero-order valence-electron chi connectivity index (χ0n) is 25.0. The quantitative estimate of drug-likeness (QED) is 0.262. The molecule has 0 radical (unpaired) electrons. The van der Waals surface area contributed by atoms with E-state index in [9.17, 15) is 18.0 Å². The predicted octanol–water partition coefficient (Wildman–Crippen LogP) is 6.11. The predicted molar refractivity (Wildman–Crippen MR) is 170 cm³/mol. The molecular weight excluding hydrogens is 586 g/mol. The molecular formula is C33H40ClN3O5S. The molecule has 43 heavy (non-hydrogen) atoms. The number of benzene rings is 3. The van der Waals surface area contributed by atoms with E-state index in [4.69, 9.17) is 16.3 Å². The standard InChI is InChI=1S/C33H40ClN3O5S/c1-4-30(33(39)35-27-11-7-5-8-12-27)36(22-25-15-18-28(42-3)19-16-25)32(38)23-37(31-20-17-26(34)21-24(31)2)43(40,41)29-13-9-6-10-14-29/h6,9-10,13-21,27,30H,4-5,7-8,11-12,22-23H2,1-3H3,(H,35,39)/t30-/m1/s1. The molecule has 1 atom stereocenters. The molecule has 0 aliphatic heterocycles. The summed E-state index contributed by atoms with van der Waals surface area (Å²) in [6, 6.07) is 19.4. The monoisotopic (exact) mass is 625 g/mol. The van der Waals surface area contributed by atoms with Crippen molar-refractivity contribution in [2.75, 3.05) is 18.0 Å².